The van der Waals surface area contributed by atoms with Crippen LogP contribution in [0.1, 0.15) is 54.4 Å². The van der Waals surface area contributed by atoms with Gasteiger partial charge in [-0.25, -0.2) is 0 Å². The predicted octanol–water partition coefficient (Wildman–Crippen LogP) is 5.23. The first-order chi connectivity index (χ1) is 15.2. The summed E-state index contributed by atoms with van der Waals surface area (Å²) in [5.74, 6) is -0.227. The number of carbonyl (C=O) groups is 2. The van der Waals surface area contributed by atoms with Crippen molar-refractivity contribution in [1.29, 1.82) is 0 Å². The SMILES string of the molecule is Cc1cccc(C(=O)N/C(=C\c2ccco2)C(=O)NC(C)CC(C)(C)c2ccccc2)c1. The highest BCUT2D eigenvalue weighted by Crippen LogP contribution is 2.28. The first-order valence-electron chi connectivity index (χ1n) is 10.7. The highest BCUT2D eigenvalue weighted by Gasteiger charge is 2.25. The summed E-state index contributed by atoms with van der Waals surface area (Å²) in [6, 6.07) is 20.8. The highest BCUT2D eigenvalue weighted by atomic mass is 16.3. The van der Waals surface area contributed by atoms with Crippen LogP contribution in [0.25, 0.3) is 6.08 Å². The van der Waals surface area contributed by atoms with Crippen molar-refractivity contribution in [3.63, 3.8) is 0 Å². The second-order valence-electron chi connectivity index (χ2n) is 8.73. The Morgan fingerprint density at radius 3 is 2.44 bits per heavy atom. The predicted molar refractivity (Wildman–Crippen MR) is 127 cm³/mol. The molecule has 0 aliphatic heterocycles. The Bertz CT molecular complexity index is 1080. The molecule has 0 aliphatic carbocycles. The summed E-state index contributed by atoms with van der Waals surface area (Å²) >= 11 is 0. The smallest absolute Gasteiger partial charge is 0.268 e. The lowest BCUT2D eigenvalue weighted by Gasteiger charge is -2.29. The zero-order valence-corrected chi connectivity index (χ0v) is 19.0. The number of hydrogen-bond donors (Lipinski definition) is 2. The summed E-state index contributed by atoms with van der Waals surface area (Å²) in [4.78, 5) is 25.9. The number of carbonyl (C=O) groups excluding carboxylic acids is 2. The van der Waals surface area contributed by atoms with Crippen LogP contribution in [0.5, 0.6) is 0 Å². The maximum atomic E-state index is 13.1. The van der Waals surface area contributed by atoms with Gasteiger partial charge in [-0.2, -0.15) is 0 Å². The van der Waals surface area contributed by atoms with Crippen molar-refractivity contribution in [2.45, 2.75) is 45.6 Å². The molecule has 5 heteroatoms. The summed E-state index contributed by atoms with van der Waals surface area (Å²) in [5.41, 5.74) is 2.68. The fraction of sp³-hybridized carbons (Fsp3) is 0.259. The fourth-order valence-corrected chi connectivity index (χ4v) is 3.78. The minimum atomic E-state index is -0.362. The van der Waals surface area contributed by atoms with Crippen LogP contribution in [0.3, 0.4) is 0 Å². The second-order valence-corrected chi connectivity index (χ2v) is 8.73. The van der Waals surface area contributed by atoms with Crippen LogP contribution in [-0.2, 0) is 10.2 Å². The molecular formula is C27H30N2O3. The minimum Gasteiger partial charge on any atom is -0.465 e. The Morgan fingerprint density at radius 1 is 1.03 bits per heavy atom. The number of furan rings is 1. The average molecular weight is 431 g/mol. The van der Waals surface area contributed by atoms with Gasteiger partial charge in [0.25, 0.3) is 11.8 Å². The number of amides is 2. The normalized spacial score (nSPS) is 12.8. The van der Waals surface area contributed by atoms with Crippen molar-refractivity contribution in [3.05, 3.63) is 101 Å². The van der Waals surface area contributed by atoms with Crippen LogP contribution in [0.4, 0.5) is 0 Å². The third-order valence-corrected chi connectivity index (χ3v) is 5.35. The zero-order chi connectivity index (χ0) is 23.1. The molecule has 3 aromatic rings. The van der Waals surface area contributed by atoms with Gasteiger partial charge in [0.05, 0.1) is 6.26 Å². The molecule has 32 heavy (non-hydrogen) atoms. The molecule has 5 nitrogen and oxygen atoms in total. The van der Waals surface area contributed by atoms with Crippen molar-refractivity contribution < 1.29 is 14.0 Å². The summed E-state index contributed by atoms with van der Waals surface area (Å²) < 4.78 is 5.36. The van der Waals surface area contributed by atoms with E-state index in [1.807, 2.05) is 44.2 Å². The summed E-state index contributed by atoms with van der Waals surface area (Å²) in [6.45, 7) is 8.20. The van der Waals surface area contributed by atoms with Crippen molar-refractivity contribution in [3.8, 4) is 0 Å². The van der Waals surface area contributed by atoms with Gasteiger partial charge in [-0.05, 0) is 55.5 Å². The van der Waals surface area contributed by atoms with Gasteiger partial charge in [0, 0.05) is 17.7 Å². The lowest BCUT2D eigenvalue weighted by atomic mass is 9.79. The molecule has 2 aromatic carbocycles. The van der Waals surface area contributed by atoms with E-state index in [9.17, 15) is 9.59 Å². The van der Waals surface area contributed by atoms with Gasteiger partial charge >= 0.3 is 0 Å². The van der Waals surface area contributed by atoms with Gasteiger partial charge in [-0.1, -0.05) is 61.9 Å². The topological polar surface area (TPSA) is 71.3 Å². The molecule has 0 aliphatic rings. The summed E-state index contributed by atoms with van der Waals surface area (Å²) in [7, 11) is 0. The molecule has 1 unspecified atom stereocenters. The molecule has 0 spiro atoms. The molecule has 0 saturated heterocycles. The number of aryl methyl sites for hydroxylation is 1. The number of nitrogens with one attached hydrogen (secondary N) is 2. The fourth-order valence-electron chi connectivity index (χ4n) is 3.78. The van der Waals surface area contributed by atoms with Crippen LogP contribution in [0.15, 0.2) is 83.1 Å². The highest BCUT2D eigenvalue weighted by molar-refractivity contribution is 6.05. The van der Waals surface area contributed by atoms with Crippen molar-refractivity contribution in [1.82, 2.24) is 10.6 Å². The molecule has 2 amide bonds. The third-order valence-electron chi connectivity index (χ3n) is 5.35. The Kier molecular flexibility index (Phi) is 7.31. The number of benzene rings is 2. The molecule has 1 atom stereocenters. The summed E-state index contributed by atoms with van der Waals surface area (Å²) in [5, 5.41) is 5.77. The van der Waals surface area contributed by atoms with Crippen LogP contribution >= 0.6 is 0 Å². The van der Waals surface area contributed by atoms with Crippen LogP contribution < -0.4 is 10.6 Å². The maximum absolute atomic E-state index is 13.1. The van der Waals surface area contributed by atoms with E-state index in [0.29, 0.717) is 11.3 Å². The second kappa shape index (κ2) is 10.1. The maximum Gasteiger partial charge on any atom is 0.268 e. The minimum absolute atomic E-state index is 0.117. The Morgan fingerprint density at radius 2 is 1.78 bits per heavy atom. The largest absolute Gasteiger partial charge is 0.465 e. The lowest BCUT2D eigenvalue weighted by molar-refractivity contribution is -0.118. The molecule has 3 rings (SSSR count). The van der Waals surface area contributed by atoms with E-state index in [1.165, 1.54) is 17.9 Å². The first kappa shape index (κ1) is 23.1. The zero-order valence-electron chi connectivity index (χ0n) is 19.0. The first-order valence-corrected chi connectivity index (χ1v) is 10.7. The van der Waals surface area contributed by atoms with E-state index in [2.05, 4.69) is 36.6 Å². The van der Waals surface area contributed by atoms with Gasteiger partial charge in [0.1, 0.15) is 11.5 Å². The average Bonchev–Trinajstić information content (AvgIpc) is 3.26. The summed E-state index contributed by atoms with van der Waals surface area (Å²) in [6.07, 6.45) is 3.80. The van der Waals surface area contributed by atoms with E-state index in [0.717, 1.165) is 12.0 Å². The van der Waals surface area contributed by atoms with Crippen LogP contribution in [-0.4, -0.2) is 17.9 Å². The van der Waals surface area contributed by atoms with E-state index in [1.54, 1.807) is 24.3 Å². The van der Waals surface area contributed by atoms with E-state index in [-0.39, 0.29) is 29.0 Å². The molecule has 1 aromatic heterocycles. The van der Waals surface area contributed by atoms with Gasteiger partial charge in [-0.15, -0.1) is 0 Å². The van der Waals surface area contributed by atoms with Crippen LogP contribution in [0.2, 0.25) is 0 Å². The third kappa shape index (κ3) is 6.20. The Labute approximate surface area is 189 Å². The number of hydrogen-bond acceptors (Lipinski definition) is 3. The molecule has 1 heterocycles. The van der Waals surface area contributed by atoms with E-state index >= 15 is 0 Å². The van der Waals surface area contributed by atoms with Crippen molar-refractivity contribution >= 4 is 17.9 Å². The Hall–Kier alpha value is -3.60. The lowest BCUT2D eigenvalue weighted by Crippen LogP contribution is -2.41. The standard InChI is InChI=1S/C27H30N2O3/c1-19-10-8-11-21(16-19)25(30)29-24(17-23-14-9-15-32-23)26(31)28-20(2)18-27(3,4)22-12-6-5-7-13-22/h5-17,20H,18H2,1-4H3,(H,28,31)(H,29,30)/b24-17-. The quantitative estimate of drug-likeness (QED) is 0.481. The molecule has 0 fully saturated rings. The molecule has 0 bridgehead atoms. The van der Waals surface area contributed by atoms with Gasteiger partial charge in [0.2, 0.25) is 0 Å². The van der Waals surface area contributed by atoms with Crippen molar-refractivity contribution in [2.24, 2.45) is 0 Å². The molecule has 166 valence electrons. The van der Waals surface area contributed by atoms with Gasteiger partial charge in [0.15, 0.2) is 0 Å². The van der Waals surface area contributed by atoms with Gasteiger partial charge < -0.3 is 15.1 Å². The van der Waals surface area contributed by atoms with Gasteiger partial charge in [-0.3, -0.25) is 9.59 Å². The monoisotopic (exact) mass is 430 g/mol. The Balaban J connectivity index is 1.74. The van der Waals surface area contributed by atoms with E-state index in [4.69, 9.17) is 4.42 Å². The molecule has 2 N–H and O–H groups in total. The molecule has 0 radical (unpaired) electrons. The molecule has 0 saturated carbocycles. The van der Waals surface area contributed by atoms with E-state index < -0.39 is 0 Å². The van der Waals surface area contributed by atoms with Crippen molar-refractivity contribution in [2.75, 3.05) is 0 Å². The molecular weight excluding hydrogens is 400 g/mol. The van der Waals surface area contributed by atoms with Crippen LogP contribution in [0, 0.1) is 6.92 Å². The number of rotatable bonds is 8.